The van der Waals surface area contributed by atoms with Gasteiger partial charge in [-0.25, -0.2) is 4.98 Å². The van der Waals surface area contributed by atoms with Gasteiger partial charge >= 0.3 is 5.97 Å². The second kappa shape index (κ2) is 13.7. The first kappa shape index (κ1) is 34.6. The van der Waals surface area contributed by atoms with E-state index in [0.717, 1.165) is 81.0 Å². The molecule has 3 aromatic heterocycles. The zero-order chi connectivity index (χ0) is 36.1. The molecule has 266 valence electrons. The van der Waals surface area contributed by atoms with Crippen molar-refractivity contribution in [1.82, 2.24) is 29.7 Å². The third kappa shape index (κ3) is 5.92. The van der Waals surface area contributed by atoms with E-state index in [0.29, 0.717) is 48.5 Å². The van der Waals surface area contributed by atoms with Gasteiger partial charge in [-0.15, -0.1) is 0 Å². The zero-order valence-electron chi connectivity index (χ0n) is 30.4. The number of H-pyrrole nitrogens is 2. The molecule has 2 atom stereocenters. The number of rotatable bonds is 8. The Hall–Kier alpha value is -4.87. The Morgan fingerprint density at radius 3 is 2.39 bits per heavy atom. The highest BCUT2D eigenvalue weighted by Crippen LogP contribution is 2.44. The van der Waals surface area contributed by atoms with E-state index in [1.54, 1.807) is 0 Å². The van der Waals surface area contributed by atoms with Crippen molar-refractivity contribution in [2.24, 2.45) is 0 Å². The van der Waals surface area contributed by atoms with Gasteiger partial charge in [0.15, 0.2) is 0 Å². The van der Waals surface area contributed by atoms with Gasteiger partial charge in [0, 0.05) is 72.2 Å². The van der Waals surface area contributed by atoms with Crippen LogP contribution < -0.4 is 0 Å². The van der Waals surface area contributed by atoms with Crippen LogP contribution >= 0.6 is 0 Å². The topological polar surface area (TPSA) is 134 Å². The molecule has 1 fully saturated rings. The van der Waals surface area contributed by atoms with E-state index in [1.807, 2.05) is 25.1 Å². The van der Waals surface area contributed by atoms with E-state index in [9.17, 15) is 14.4 Å². The monoisotopic (exact) mass is 690 g/mol. The van der Waals surface area contributed by atoms with E-state index in [2.05, 4.69) is 55.2 Å². The van der Waals surface area contributed by atoms with E-state index >= 15 is 0 Å². The first-order chi connectivity index (χ1) is 24.6. The molecular formula is C40H46N6O5. The number of esters is 1. The summed E-state index contributed by atoms with van der Waals surface area (Å²) in [5.74, 6) is -1.45. The largest absolute Gasteiger partial charge is 0.469 e. The van der Waals surface area contributed by atoms with Crippen molar-refractivity contribution in [3.05, 3.63) is 75.4 Å². The number of morpholine rings is 1. The first-order valence-electron chi connectivity index (χ1n) is 17.9. The molecule has 8 bridgehead atoms. The molecule has 0 aromatic carbocycles. The summed E-state index contributed by atoms with van der Waals surface area (Å²) in [4.78, 5) is 62.7. The predicted molar refractivity (Wildman–Crippen MR) is 198 cm³/mol. The Morgan fingerprint density at radius 1 is 0.980 bits per heavy atom. The molecule has 2 amide bonds. The molecule has 11 heteroatoms. The standard InChI is InChI=1S/C40H46N6O5/c1-8-25-21(3)28-18-30-23(5)27(10-11-34(47)50-7)37(43-30)36-38-35(39(48)46(40(36)49)13-12-45-14-16-51-17-15-45)24(6)31(44-38)20-33-26(9-2)22(4)29(42-33)19-32(25)41-28/h8,18-20,23,27,41,44H,1,9-17H2,2-7H3/t23-,27-/m0/s1. The normalized spacial score (nSPS) is 19.2. The third-order valence-electron chi connectivity index (χ3n) is 11.2. The van der Waals surface area contributed by atoms with Gasteiger partial charge in [-0.2, -0.15) is 0 Å². The molecule has 4 aliphatic rings. The van der Waals surface area contributed by atoms with Crippen LogP contribution in [0.2, 0.25) is 0 Å². The number of carbonyl (C=O) groups excluding carboxylic acids is 3. The molecule has 7 heterocycles. The third-order valence-corrected chi connectivity index (χ3v) is 11.2. The Bertz CT molecular complexity index is 2170. The van der Waals surface area contributed by atoms with Crippen molar-refractivity contribution in [3.8, 4) is 0 Å². The number of amides is 2. The van der Waals surface area contributed by atoms with Crippen molar-refractivity contribution in [2.75, 3.05) is 46.5 Å². The maximum Gasteiger partial charge on any atom is 0.305 e. The minimum atomic E-state index is -0.384. The van der Waals surface area contributed by atoms with Gasteiger partial charge in [0.25, 0.3) is 11.8 Å². The molecule has 51 heavy (non-hydrogen) atoms. The van der Waals surface area contributed by atoms with Gasteiger partial charge in [-0.05, 0) is 74.1 Å². The van der Waals surface area contributed by atoms with Crippen LogP contribution in [0.4, 0.5) is 0 Å². The second-order valence-electron chi connectivity index (χ2n) is 13.9. The van der Waals surface area contributed by atoms with Gasteiger partial charge in [0.2, 0.25) is 0 Å². The molecular weight excluding hydrogens is 644 g/mol. The molecule has 4 aliphatic heterocycles. The van der Waals surface area contributed by atoms with Crippen molar-refractivity contribution in [3.63, 3.8) is 0 Å². The van der Waals surface area contributed by atoms with Crippen LogP contribution in [0, 0.1) is 13.8 Å². The highest BCUT2D eigenvalue weighted by Gasteiger charge is 2.41. The van der Waals surface area contributed by atoms with Crippen LogP contribution in [-0.4, -0.2) is 94.0 Å². The van der Waals surface area contributed by atoms with Gasteiger partial charge in [0.1, 0.15) is 0 Å². The Morgan fingerprint density at radius 2 is 1.69 bits per heavy atom. The Balaban J connectivity index is 1.55. The van der Waals surface area contributed by atoms with Crippen molar-refractivity contribution >= 4 is 57.1 Å². The molecule has 0 saturated carbocycles. The summed E-state index contributed by atoms with van der Waals surface area (Å²) in [6.07, 6.45) is 3.22. The fourth-order valence-electron chi connectivity index (χ4n) is 8.05. The summed E-state index contributed by atoms with van der Waals surface area (Å²) in [5.41, 5.74) is 11.8. The van der Waals surface area contributed by atoms with Crippen molar-refractivity contribution in [1.29, 1.82) is 0 Å². The highest BCUT2D eigenvalue weighted by molar-refractivity contribution is 6.23. The number of carbonyl (C=O) groups is 3. The zero-order valence-corrected chi connectivity index (χ0v) is 30.4. The minimum absolute atomic E-state index is 0.138. The number of methoxy groups -OCH3 is 1. The molecule has 0 unspecified atom stereocenters. The quantitative estimate of drug-likeness (QED) is 0.198. The Kier molecular flexibility index (Phi) is 9.28. The van der Waals surface area contributed by atoms with Crippen LogP contribution in [0.15, 0.2) is 24.8 Å². The number of imide groups is 1. The Labute approximate surface area is 297 Å². The average molecular weight is 691 g/mol. The predicted octanol–water partition coefficient (Wildman–Crippen LogP) is 6.68. The van der Waals surface area contributed by atoms with Crippen LogP contribution in [0.25, 0.3) is 39.3 Å². The number of aromatic amines is 2. The fourth-order valence-corrected chi connectivity index (χ4v) is 8.05. The summed E-state index contributed by atoms with van der Waals surface area (Å²) < 4.78 is 10.6. The summed E-state index contributed by atoms with van der Waals surface area (Å²) in [5, 5.41) is 0. The molecule has 7 rings (SSSR count). The number of nitrogens with one attached hydrogen (secondary N) is 2. The number of allylic oxidation sites excluding steroid dienone is 2. The van der Waals surface area contributed by atoms with Crippen LogP contribution in [0.1, 0.15) is 112 Å². The lowest BCUT2D eigenvalue weighted by Gasteiger charge is -2.31. The summed E-state index contributed by atoms with van der Waals surface area (Å²) >= 11 is 0. The number of aryl methyl sites for hydroxylation is 2. The number of hydrogen-bond donors (Lipinski definition) is 2. The van der Waals surface area contributed by atoms with Gasteiger partial charge in [-0.1, -0.05) is 26.5 Å². The molecule has 0 radical (unpaired) electrons. The molecule has 3 aromatic rings. The lowest BCUT2D eigenvalue weighted by atomic mass is 9.84. The van der Waals surface area contributed by atoms with Crippen molar-refractivity contribution < 1.29 is 23.9 Å². The summed E-state index contributed by atoms with van der Waals surface area (Å²) in [6.45, 7) is 17.9. The van der Waals surface area contributed by atoms with E-state index in [4.69, 9.17) is 19.4 Å². The summed E-state index contributed by atoms with van der Waals surface area (Å²) in [6, 6.07) is 6.11. The van der Waals surface area contributed by atoms with Crippen molar-refractivity contribution in [2.45, 2.75) is 65.7 Å². The molecule has 2 N–H and O–H groups in total. The maximum absolute atomic E-state index is 14.8. The highest BCUT2D eigenvalue weighted by atomic mass is 16.5. The second-order valence-corrected chi connectivity index (χ2v) is 13.9. The van der Waals surface area contributed by atoms with Gasteiger partial charge in [0.05, 0.1) is 54.0 Å². The maximum atomic E-state index is 14.8. The van der Waals surface area contributed by atoms with E-state index < -0.39 is 0 Å². The molecule has 11 nitrogen and oxygen atoms in total. The SMILES string of the molecule is C=Cc1c(C)c2cc3nc(c4c5[nH]c(cc6nc(cc1[nH]2)C(C)=C6CC)c(C)c5C(=O)N(CCN1CCOCC1)C4=O)[C@@H](CCC(=O)OC)[C@@H]3C. The molecule has 0 spiro atoms. The number of ether oxygens (including phenoxy) is 2. The van der Waals surface area contributed by atoms with Crippen LogP contribution in [-0.2, 0) is 14.3 Å². The molecule has 0 aliphatic carbocycles. The van der Waals surface area contributed by atoms with E-state index in [1.165, 1.54) is 12.0 Å². The number of aromatic nitrogens is 4. The minimum Gasteiger partial charge on any atom is -0.469 e. The van der Waals surface area contributed by atoms with Gasteiger partial charge in [-0.3, -0.25) is 29.2 Å². The first-order valence-corrected chi connectivity index (χ1v) is 17.9. The van der Waals surface area contributed by atoms with Crippen LogP contribution in [0.5, 0.6) is 0 Å². The fraction of sp³-hybridized carbons (Fsp3) is 0.425. The molecule has 1 saturated heterocycles. The number of hydrogen-bond acceptors (Lipinski definition) is 8. The lowest BCUT2D eigenvalue weighted by molar-refractivity contribution is -0.140. The van der Waals surface area contributed by atoms with Gasteiger partial charge < -0.3 is 19.4 Å². The smallest absolute Gasteiger partial charge is 0.305 e. The number of nitrogens with zero attached hydrogens (tertiary/aromatic N) is 4. The summed E-state index contributed by atoms with van der Waals surface area (Å²) in [7, 11) is 1.38. The van der Waals surface area contributed by atoms with E-state index in [-0.39, 0.29) is 42.6 Å². The van der Waals surface area contributed by atoms with Crippen LogP contribution in [0.3, 0.4) is 0 Å². The lowest BCUT2D eigenvalue weighted by Crippen LogP contribution is -2.47. The number of fused-ring (bicyclic) bond motifs is 8. The average Bonchev–Trinajstić information content (AvgIpc) is 3.80.